The molecule has 1 atom stereocenters. The summed E-state index contributed by atoms with van der Waals surface area (Å²) in [6.07, 6.45) is 4.08. The Morgan fingerprint density at radius 2 is 2.08 bits per heavy atom. The van der Waals surface area contributed by atoms with Crippen molar-refractivity contribution < 1.29 is 14.3 Å². The van der Waals surface area contributed by atoms with Gasteiger partial charge in [-0.25, -0.2) is 0 Å². The topological polar surface area (TPSA) is 47.6 Å². The molecule has 2 aliphatic rings. The Balaban J connectivity index is 1.45. The lowest BCUT2D eigenvalue weighted by molar-refractivity contribution is 0.0951. The van der Waals surface area contributed by atoms with Gasteiger partial charge in [-0.15, -0.1) is 0 Å². The zero-order chi connectivity index (χ0) is 17.2. The summed E-state index contributed by atoms with van der Waals surface area (Å²) in [7, 11) is 1.67. The summed E-state index contributed by atoms with van der Waals surface area (Å²) >= 11 is 0. The second-order valence-electron chi connectivity index (χ2n) is 6.98. The quantitative estimate of drug-likeness (QED) is 0.910. The highest BCUT2D eigenvalue weighted by molar-refractivity contribution is 5.94. The average Bonchev–Trinajstić information content (AvgIpc) is 3.45. The van der Waals surface area contributed by atoms with Crippen molar-refractivity contribution in [3.05, 3.63) is 59.2 Å². The Hall–Kier alpha value is -2.49. The molecule has 4 heteroatoms. The van der Waals surface area contributed by atoms with Crippen molar-refractivity contribution in [2.24, 2.45) is 5.92 Å². The molecule has 2 aromatic carbocycles. The van der Waals surface area contributed by atoms with Crippen LogP contribution in [-0.2, 0) is 12.8 Å². The fourth-order valence-corrected chi connectivity index (χ4v) is 3.42. The molecule has 4 nitrogen and oxygen atoms in total. The Morgan fingerprint density at radius 1 is 1.24 bits per heavy atom. The van der Waals surface area contributed by atoms with E-state index in [-0.39, 0.29) is 5.91 Å². The van der Waals surface area contributed by atoms with Crippen LogP contribution in [0, 0.1) is 5.92 Å². The number of benzene rings is 2. The first-order valence-electron chi connectivity index (χ1n) is 8.91. The summed E-state index contributed by atoms with van der Waals surface area (Å²) < 4.78 is 11.3. The maximum atomic E-state index is 12.2. The van der Waals surface area contributed by atoms with E-state index < -0.39 is 0 Å². The Morgan fingerprint density at radius 3 is 2.88 bits per heavy atom. The molecule has 1 fully saturated rings. The van der Waals surface area contributed by atoms with Crippen LogP contribution in [0.1, 0.15) is 34.3 Å². The van der Waals surface area contributed by atoms with Crippen molar-refractivity contribution in [1.29, 1.82) is 0 Å². The summed E-state index contributed by atoms with van der Waals surface area (Å²) in [6, 6.07) is 14.4. The van der Waals surface area contributed by atoms with Crippen LogP contribution in [0.15, 0.2) is 42.5 Å². The maximum absolute atomic E-state index is 12.2. The van der Waals surface area contributed by atoms with Gasteiger partial charge < -0.3 is 14.8 Å². The van der Waals surface area contributed by atoms with Crippen molar-refractivity contribution in [1.82, 2.24) is 5.32 Å². The van der Waals surface area contributed by atoms with Crippen LogP contribution in [0.4, 0.5) is 0 Å². The second-order valence-corrected chi connectivity index (χ2v) is 6.98. The molecule has 130 valence electrons. The maximum Gasteiger partial charge on any atom is 0.251 e. The minimum Gasteiger partial charge on any atom is -0.493 e. The third kappa shape index (κ3) is 3.63. The van der Waals surface area contributed by atoms with Crippen LogP contribution in [0.5, 0.6) is 11.5 Å². The van der Waals surface area contributed by atoms with Crippen molar-refractivity contribution >= 4 is 5.91 Å². The monoisotopic (exact) mass is 337 g/mol. The number of hydrogen-bond acceptors (Lipinski definition) is 3. The molecule has 0 radical (unpaired) electrons. The Bertz CT molecular complexity index is 782. The number of fused-ring (bicyclic) bond motifs is 1. The molecule has 1 aliphatic carbocycles. The van der Waals surface area contributed by atoms with Gasteiger partial charge in [0.05, 0.1) is 13.7 Å². The normalized spacial score (nSPS) is 18.8. The van der Waals surface area contributed by atoms with Gasteiger partial charge >= 0.3 is 0 Å². The molecule has 0 aromatic heterocycles. The van der Waals surface area contributed by atoms with Crippen LogP contribution in [0.2, 0.25) is 0 Å². The van der Waals surface area contributed by atoms with Crippen molar-refractivity contribution in [3.63, 3.8) is 0 Å². The SMILES string of the molecule is COc1cccc2c1OC[C@H](Cc1cccc(C(=O)NC3CC3)c1)C2. The van der Waals surface area contributed by atoms with E-state index in [9.17, 15) is 4.79 Å². The Labute approximate surface area is 148 Å². The molecule has 0 spiro atoms. The van der Waals surface area contributed by atoms with Crippen LogP contribution < -0.4 is 14.8 Å². The molecule has 1 aliphatic heterocycles. The van der Waals surface area contributed by atoms with E-state index >= 15 is 0 Å². The summed E-state index contributed by atoms with van der Waals surface area (Å²) in [4.78, 5) is 12.2. The van der Waals surface area contributed by atoms with Gasteiger partial charge in [-0.3, -0.25) is 4.79 Å². The third-order valence-electron chi connectivity index (χ3n) is 4.88. The Kier molecular flexibility index (Phi) is 4.35. The highest BCUT2D eigenvalue weighted by Crippen LogP contribution is 2.36. The van der Waals surface area contributed by atoms with Crippen molar-refractivity contribution in [2.45, 2.75) is 31.7 Å². The van der Waals surface area contributed by atoms with Crippen LogP contribution in [0.25, 0.3) is 0 Å². The number of carbonyl (C=O) groups excluding carboxylic acids is 1. The fourth-order valence-electron chi connectivity index (χ4n) is 3.42. The van der Waals surface area contributed by atoms with E-state index in [0.717, 1.165) is 42.7 Å². The van der Waals surface area contributed by atoms with E-state index in [1.54, 1.807) is 7.11 Å². The molecule has 1 N–H and O–H groups in total. The molecule has 0 bridgehead atoms. The zero-order valence-electron chi connectivity index (χ0n) is 14.5. The zero-order valence-corrected chi connectivity index (χ0v) is 14.5. The van der Waals surface area contributed by atoms with E-state index in [0.29, 0.717) is 18.6 Å². The number of ether oxygens (including phenoxy) is 2. The molecule has 0 saturated heterocycles. The number of amides is 1. The molecule has 2 aromatic rings. The lowest BCUT2D eigenvalue weighted by Crippen LogP contribution is -2.26. The number of methoxy groups -OCH3 is 1. The lowest BCUT2D eigenvalue weighted by atomic mass is 9.90. The second kappa shape index (κ2) is 6.79. The van der Waals surface area contributed by atoms with E-state index in [1.165, 1.54) is 11.1 Å². The van der Waals surface area contributed by atoms with Gasteiger partial charge in [0.1, 0.15) is 0 Å². The minimum absolute atomic E-state index is 0.0410. The fraction of sp³-hybridized carbons (Fsp3) is 0.381. The first-order valence-corrected chi connectivity index (χ1v) is 8.91. The molecular formula is C21H23NO3. The number of para-hydroxylation sites is 1. The van der Waals surface area contributed by atoms with Gasteiger partial charge in [0.15, 0.2) is 11.5 Å². The van der Waals surface area contributed by atoms with Crippen LogP contribution in [-0.4, -0.2) is 25.7 Å². The molecule has 0 unspecified atom stereocenters. The van der Waals surface area contributed by atoms with Gasteiger partial charge in [0.25, 0.3) is 5.91 Å². The molecule has 1 saturated carbocycles. The molecule has 4 rings (SSSR count). The predicted octanol–water partition coefficient (Wildman–Crippen LogP) is 3.38. The largest absolute Gasteiger partial charge is 0.493 e. The number of nitrogens with one attached hydrogen (secondary N) is 1. The number of carbonyl (C=O) groups is 1. The highest BCUT2D eigenvalue weighted by atomic mass is 16.5. The van der Waals surface area contributed by atoms with E-state index in [4.69, 9.17) is 9.47 Å². The van der Waals surface area contributed by atoms with E-state index in [2.05, 4.69) is 17.4 Å². The van der Waals surface area contributed by atoms with Gasteiger partial charge in [0.2, 0.25) is 0 Å². The van der Waals surface area contributed by atoms with Crippen LogP contribution in [0.3, 0.4) is 0 Å². The summed E-state index contributed by atoms with van der Waals surface area (Å²) in [5, 5.41) is 3.05. The van der Waals surface area contributed by atoms with E-state index in [1.807, 2.05) is 30.3 Å². The first kappa shape index (κ1) is 16.0. The number of hydrogen-bond donors (Lipinski definition) is 1. The third-order valence-corrected chi connectivity index (χ3v) is 4.88. The van der Waals surface area contributed by atoms with Crippen molar-refractivity contribution in [3.8, 4) is 11.5 Å². The van der Waals surface area contributed by atoms with Gasteiger partial charge in [-0.05, 0) is 55.0 Å². The first-order chi connectivity index (χ1) is 12.2. The lowest BCUT2D eigenvalue weighted by Gasteiger charge is -2.26. The average molecular weight is 337 g/mol. The highest BCUT2D eigenvalue weighted by Gasteiger charge is 2.25. The summed E-state index contributed by atoms with van der Waals surface area (Å²) in [5.41, 5.74) is 3.13. The minimum atomic E-state index is 0.0410. The standard InChI is InChI=1S/C21H23NO3/c1-24-19-7-3-5-16-12-15(13-25-20(16)19)10-14-4-2-6-17(11-14)21(23)22-18-8-9-18/h2-7,11,15,18H,8-10,12-13H2,1H3,(H,22,23)/t15-/m1/s1. The van der Waals surface area contributed by atoms with Gasteiger partial charge in [-0.2, -0.15) is 0 Å². The van der Waals surface area contributed by atoms with Crippen molar-refractivity contribution in [2.75, 3.05) is 13.7 Å². The molecular weight excluding hydrogens is 314 g/mol. The summed E-state index contributed by atoms with van der Waals surface area (Å²) in [6.45, 7) is 0.672. The van der Waals surface area contributed by atoms with Gasteiger partial charge in [0, 0.05) is 17.5 Å². The predicted molar refractivity (Wildman–Crippen MR) is 96.3 cm³/mol. The molecule has 1 heterocycles. The molecule has 25 heavy (non-hydrogen) atoms. The number of rotatable bonds is 5. The summed E-state index contributed by atoms with van der Waals surface area (Å²) in [5.74, 6) is 2.12. The van der Waals surface area contributed by atoms with Crippen LogP contribution >= 0.6 is 0 Å². The molecule has 1 amide bonds. The smallest absolute Gasteiger partial charge is 0.251 e. The van der Waals surface area contributed by atoms with Gasteiger partial charge in [-0.1, -0.05) is 24.3 Å².